The molecule has 1 heterocycles. The van der Waals surface area contributed by atoms with Crippen molar-refractivity contribution >= 4 is 17.5 Å². The van der Waals surface area contributed by atoms with Crippen molar-refractivity contribution in [3.05, 3.63) is 36.0 Å². The third-order valence-electron chi connectivity index (χ3n) is 2.68. The number of urea groups is 1. The van der Waals surface area contributed by atoms with Crippen LogP contribution in [0.4, 0.5) is 16.3 Å². The third kappa shape index (κ3) is 3.25. The van der Waals surface area contributed by atoms with Crippen molar-refractivity contribution in [3.8, 4) is 5.75 Å². The molecule has 0 fully saturated rings. The maximum Gasteiger partial charge on any atom is 0.324 e. The maximum absolute atomic E-state index is 11.8. The van der Waals surface area contributed by atoms with Gasteiger partial charge in [0.2, 0.25) is 0 Å². The second-order valence-corrected chi connectivity index (χ2v) is 4.11. The Morgan fingerprint density at radius 2 is 2.11 bits per heavy atom. The van der Waals surface area contributed by atoms with E-state index in [0.29, 0.717) is 17.3 Å². The van der Waals surface area contributed by atoms with Gasteiger partial charge in [-0.2, -0.15) is 5.10 Å². The summed E-state index contributed by atoms with van der Waals surface area (Å²) in [7, 11) is 3.40. The minimum absolute atomic E-state index is 0.341. The van der Waals surface area contributed by atoms with E-state index in [-0.39, 0.29) is 6.03 Å². The first-order valence-electron chi connectivity index (χ1n) is 5.81. The predicted octanol–water partition coefficient (Wildman–Crippen LogP) is 2.38. The van der Waals surface area contributed by atoms with Crippen LogP contribution in [0.3, 0.4) is 0 Å². The Kier molecular flexibility index (Phi) is 3.70. The summed E-state index contributed by atoms with van der Waals surface area (Å²) in [6.45, 7) is 1.91. The Morgan fingerprint density at radius 3 is 2.74 bits per heavy atom. The fraction of sp³-hybridized carbons (Fsp3) is 0.231. The van der Waals surface area contributed by atoms with E-state index in [9.17, 15) is 4.79 Å². The molecule has 0 atom stereocenters. The number of benzene rings is 1. The van der Waals surface area contributed by atoms with Gasteiger partial charge in [0.25, 0.3) is 0 Å². The van der Waals surface area contributed by atoms with Crippen molar-refractivity contribution in [2.45, 2.75) is 6.92 Å². The number of hydrogen-bond donors (Lipinski definition) is 2. The summed E-state index contributed by atoms with van der Waals surface area (Å²) in [5.41, 5.74) is 1.63. The molecule has 1 aromatic heterocycles. The summed E-state index contributed by atoms with van der Waals surface area (Å²) in [5.74, 6) is 1.20. The molecule has 100 valence electrons. The molecule has 2 N–H and O–H groups in total. The van der Waals surface area contributed by atoms with Crippen molar-refractivity contribution < 1.29 is 9.53 Å². The van der Waals surface area contributed by atoms with Gasteiger partial charge >= 0.3 is 6.03 Å². The molecule has 19 heavy (non-hydrogen) atoms. The minimum Gasteiger partial charge on any atom is -0.497 e. The molecule has 1 aromatic carbocycles. The number of hydrogen-bond acceptors (Lipinski definition) is 3. The van der Waals surface area contributed by atoms with Crippen molar-refractivity contribution in [2.75, 3.05) is 17.7 Å². The molecule has 6 heteroatoms. The van der Waals surface area contributed by atoms with Crippen LogP contribution in [-0.2, 0) is 7.05 Å². The first-order valence-corrected chi connectivity index (χ1v) is 5.81. The van der Waals surface area contributed by atoms with Crippen LogP contribution >= 0.6 is 0 Å². The van der Waals surface area contributed by atoms with Gasteiger partial charge in [0.05, 0.1) is 7.11 Å². The molecule has 2 amide bonds. The number of amides is 2. The van der Waals surface area contributed by atoms with E-state index >= 15 is 0 Å². The molecular weight excluding hydrogens is 244 g/mol. The lowest BCUT2D eigenvalue weighted by Crippen LogP contribution is -2.19. The van der Waals surface area contributed by atoms with Crippen molar-refractivity contribution in [2.24, 2.45) is 7.05 Å². The lowest BCUT2D eigenvalue weighted by molar-refractivity contribution is 0.262. The van der Waals surface area contributed by atoms with Crippen molar-refractivity contribution in [1.29, 1.82) is 0 Å². The number of rotatable bonds is 3. The Hall–Kier alpha value is -2.50. The first-order chi connectivity index (χ1) is 9.08. The lowest BCUT2D eigenvalue weighted by Gasteiger charge is -2.07. The summed E-state index contributed by atoms with van der Waals surface area (Å²) < 4.78 is 6.78. The number of aryl methyl sites for hydroxylation is 2. The summed E-state index contributed by atoms with van der Waals surface area (Å²) in [6, 6.07) is 8.59. The van der Waals surface area contributed by atoms with E-state index in [1.54, 1.807) is 36.1 Å². The fourth-order valence-electron chi connectivity index (χ4n) is 1.60. The average Bonchev–Trinajstić information content (AvgIpc) is 2.68. The van der Waals surface area contributed by atoms with Crippen LogP contribution in [0.25, 0.3) is 0 Å². The number of carbonyl (C=O) groups excluding carboxylic acids is 1. The highest BCUT2D eigenvalue weighted by molar-refractivity contribution is 5.99. The summed E-state index contributed by atoms with van der Waals surface area (Å²) in [6.07, 6.45) is 0. The molecule has 0 saturated heterocycles. The van der Waals surface area contributed by atoms with Gasteiger partial charge < -0.3 is 10.1 Å². The molecule has 0 bridgehead atoms. The van der Waals surface area contributed by atoms with Crippen LogP contribution in [0.1, 0.15) is 5.69 Å². The maximum atomic E-state index is 11.8. The molecule has 0 aliphatic heterocycles. The van der Waals surface area contributed by atoms with E-state index in [0.717, 1.165) is 5.69 Å². The van der Waals surface area contributed by atoms with Gasteiger partial charge in [-0.15, -0.1) is 0 Å². The van der Waals surface area contributed by atoms with Gasteiger partial charge in [0.1, 0.15) is 5.75 Å². The Balaban J connectivity index is 2.00. The lowest BCUT2D eigenvalue weighted by atomic mass is 10.3. The number of nitrogens with zero attached hydrogens (tertiary/aromatic N) is 2. The van der Waals surface area contributed by atoms with E-state index in [1.807, 2.05) is 20.0 Å². The standard InChI is InChI=1S/C13H16N4O2/c1-9-7-12(16-17(9)2)15-13(18)14-10-5-4-6-11(8-10)19-3/h4-8H,1-3H3,(H2,14,15,16,18). The first kappa shape index (κ1) is 12.9. The molecule has 2 aromatic rings. The quantitative estimate of drug-likeness (QED) is 0.890. The smallest absolute Gasteiger partial charge is 0.324 e. The summed E-state index contributed by atoms with van der Waals surface area (Å²) in [4.78, 5) is 11.8. The van der Waals surface area contributed by atoms with Gasteiger partial charge in [-0.05, 0) is 19.1 Å². The van der Waals surface area contributed by atoms with Gasteiger partial charge in [-0.1, -0.05) is 6.07 Å². The average molecular weight is 260 g/mol. The molecule has 6 nitrogen and oxygen atoms in total. The third-order valence-corrected chi connectivity index (χ3v) is 2.68. The Morgan fingerprint density at radius 1 is 1.32 bits per heavy atom. The molecule has 0 radical (unpaired) electrons. The van der Waals surface area contributed by atoms with Gasteiger partial charge in [0.15, 0.2) is 5.82 Å². The highest BCUT2D eigenvalue weighted by atomic mass is 16.5. The molecule has 0 saturated carbocycles. The summed E-state index contributed by atoms with van der Waals surface area (Å²) >= 11 is 0. The zero-order chi connectivity index (χ0) is 13.8. The number of aromatic nitrogens is 2. The van der Waals surface area contributed by atoms with Crippen LogP contribution in [0.2, 0.25) is 0 Å². The molecule has 0 unspecified atom stereocenters. The van der Waals surface area contributed by atoms with Crippen LogP contribution in [0.15, 0.2) is 30.3 Å². The predicted molar refractivity (Wildman–Crippen MR) is 73.6 cm³/mol. The number of anilines is 2. The monoisotopic (exact) mass is 260 g/mol. The van der Waals surface area contributed by atoms with Gasteiger partial charge in [-0.3, -0.25) is 10.00 Å². The molecule has 2 rings (SSSR count). The van der Waals surface area contributed by atoms with Crippen LogP contribution in [0, 0.1) is 6.92 Å². The van der Waals surface area contributed by atoms with E-state index in [1.165, 1.54) is 0 Å². The largest absolute Gasteiger partial charge is 0.497 e. The fourth-order valence-corrected chi connectivity index (χ4v) is 1.60. The highest BCUT2D eigenvalue weighted by Gasteiger charge is 2.06. The molecular formula is C13H16N4O2. The van der Waals surface area contributed by atoms with Crippen molar-refractivity contribution in [1.82, 2.24) is 9.78 Å². The van der Waals surface area contributed by atoms with Crippen molar-refractivity contribution in [3.63, 3.8) is 0 Å². The zero-order valence-corrected chi connectivity index (χ0v) is 11.1. The normalized spacial score (nSPS) is 10.1. The van der Waals surface area contributed by atoms with Gasteiger partial charge in [0, 0.05) is 30.6 Å². The second-order valence-electron chi connectivity index (χ2n) is 4.11. The Bertz CT molecular complexity index is 573. The minimum atomic E-state index is -0.341. The van der Waals surface area contributed by atoms with E-state index in [4.69, 9.17) is 4.74 Å². The number of methoxy groups -OCH3 is 1. The molecule has 0 spiro atoms. The highest BCUT2D eigenvalue weighted by Crippen LogP contribution is 2.17. The SMILES string of the molecule is COc1cccc(NC(=O)Nc2cc(C)n(C)n2)c1. The zero-order valence-electron chi connectivity index (χ0n) is 11.1. The number of nitrogens with one attached hydrogen (secondary N) is 2. The molecule has 0 aliphatic rings. The van der Waals surface area contributed by atoms with Crippen LogP contribution in [0.5, 0.6) is 5.75 Å². The topological polar surface area (TPSA) is 68.2 Å². The van der Waals surface area contributed by atoms with E-state index in [2.05, 4.69) is 15.7 Å². The summed E-state index contributed by atoms with van der Waals surface area (Å²) in [5, 5.41) is 9.53. The second kappa shape index (κ2) is 5.43. The van der Waals surface area contributed by atoms with Crippen LogP contribution < -0.4 is 15.4 Å². The van der Waals surface area contributed by atoms with Gasteiger partial charge in [-0.25, -0.2) is 4.79 Å². The van der Waals surface area contributed by atoms with E-state index < -0.39 is 0 Å². The Labute approximate surface area is 111 Å². The van der Waals surface area contributed by atoms with Crippen LogP contribution in [-0.4, -0.2) is 22.9 Å². The number of carbonyl (C=O) groups is 1. The molecule has 0 aliphatic carbocycles. The number of ether oxygens (including phenoxy) is 1.